The fourth-order valence-corrected chi connectivity index (χ4v) is 4.51. The molecule has 0 saturated carbocycles. The largest absolute Gasteiger partial charge is 0.397 e. The number of benzene rings is 2. The van der Waals surface area contributed by atoms with Gasteiger partial charge in [-0.2, -0.15) is 0 Å². The second-order valence-corrected chi connectivity index (χ2v) is 8.40. The molecule has 2 aromatic carbocycles. The van der Waals surface area contributed by atoms with Crippen LogP contribution in [0.15, 0.2) is 42.5 Å². The van der Waals surface area contributed by atoms with Gasteiger partial charge in [0.2, 0.25) is 0 Å². The number of hydrogen-bond donors (Lipinski definition) is 1. The van der Waals surface area contributed by atoms with Gasteiger partial charge in [0, 0.05) is 61.9 Å². The van der Waals surface area contributed by atoms with Gasteiger partial charge < -0.3 is 10.6 Å². The lowest BCUT2D eigenvalue weighted by molar-refractivity contribution is 0.0987. The predicted molar refractivity (Wildman–Crippen MR) is 115 cm³/mol. The van der Waals surface area contributed by atoms with Crippen molar-refractivity contribution in [3.05, 3.63) is 58.1 Å². The standard InChI is InChI=1S/C21H26Cl2N4/c22-17-3-1-16(2-4-17)14-25-9-11-26(12-10-25)19-7-8-27(15-19)21-6-5-18(23)13-20(21)24/h1-6,13,19H,7-12,14-15,24H2. The summed E-state index contributed by atoms with van der Waals surface area (Å²) in [5.74, 6) is 0. The molecule has 2 fully saturated rings. The summed E-state index contributed by atoms with van der Waals surface area (Å²) in [6, 6.07) is 14.6. The molecule has 1 unspecified atom stereocenters. The predicted octanol–water partition coefficient (Wildman–Crippen LogP) is 3.97. The maximum absolute atomic E-state index is 6.17. The number of hydrogen-bond acceptors (Lipinski definition) is 4. The number of halogens is 2. The fourth-order valence-electron chi connectivity index (χ4n) is 4.21. The minimum atomic E-state index is 0.609. The first kappa shape index (κ1) is 18.9. The molecule has 144 valence electrons. The van der Waals surface area contributed by atoms with Crippen LogP contribution in [-0.4, -0.2) is 55.1 Å². The van der Waals surface area contributed by atoms with Gasteiger partial charge in [-0.3, -0.25) is 9.80 Å². The van der Waals surface area contributed by atoms with Crippen LogP contribution in [0.4, 0.5) is 11.4 Å². The molecule has 1 atom stereocenters. The summed E-state index contributed by atoms with van der Waals surface area (Å²) in [6.07, 6.45) is 1.19. The highest BCUT2D eigenvalue weighted by Crippen LogP contribution is 2.30. The summed E-state index contributed by atoms with van der Waals surface area (Å²) < 4.78 is 0. The SMILES string of the molecule is Nc1cc(Cl)ccc1N1CCC(N2CCN(Cc3ccc(Cl)cc3)CC2)C1. The zero-order chi connectivity index (χ0) is 18.8. The maximum atomic E-state index is 6.17. The fraction of sp³-hybridized carbons (Fsp3) is 0.429. The van der Waals surface area contributed by atoms with Gasteiger partial charge in [0.15, 0.2) is 0 Å². The summed E-state index contributed by atoms with van der Waals surface area (Å²) in [5, 5.41) is 1.50. The van der Waals surface area contributed by atoms with E-state index in [4.69, 9.17) is 28.9 Å². The molecule has 0 spiro atoms. The minimum Gasteiger partial charge on any atom is -0.397 e. The van der Waals surface area contributed by atoms with Crippen LogP contribution in [0.1, 0.15) is 12.0 Å². The van der Waals surface area contributed by atoms with E-state index in [9.17, 15) is 0 Å². The van der Waals surface area contributed by atoms with Crippen LogP contribution in [0.2, 0.25) is 10.0 Å². The summed E-state index contributed by atoms with van der Waals surface area (Å²) in [5.41, 5.74) is 9.39. The van der Waals surface area contributed by atoms with Crippen molar-refractivity contribution in [3.63, 3.8) is 0 Å². The van der Waals surface area contributed by atoms with Crippen LogP contribution >= 0.6 is 23.2 Å². The van der Waals surface area contributed by atoms with Gasteiger partial charge in [-0.25, -0.2) is 0 Å². The molecule has 2 heterocycles. The summed E-state index contributed by atoms with van der Waals surface area (Å²) >= 11 is 12.0. The van der Waals surface area contributed by atoms with Crippen molar-refractivity contribution >= 4 is 34.6 Å². The zero-order valence-corrected chi connectivity index (χ0v) is 17.0. The molecule has 0 aliphatic carbocycles. The molecule has 6 heteroatoms. The van der Waals surface area contributed by atoms with E-state index < -0.39 is 0 Å². The van der Waals surface area contributed by atoms with Crippen molar-refractivity contribution in [2.45, 2.75) is 19.0 Å². The number of nitrogens with two attached hydrogens (primary N) is 1. The van der Waals surface area contributed by atoms with E-state index in [-0.39, 0.29) is 0 Å². The summed E-state index contributed by atoms with van der Waals surface area (Å²) in [6.45, 7) is 7.59. The second kappa shape index (κ2) is 8.27. The van der Waals surface area contributed by atoms with E-state index in [2.05, 4.69) is 26.8 Å². The summed E-state index contributed by atoms with van der Waals surface area (Å²) in [7, 11) is 0. The van der Waals surface area contributed by atoms with Gasteiger partial charge in [0.05, 0.1) is 11.4 Å². The highest BCUT2D eigenvalue weighted by atomic mass is 35.5. The van der Waals surface area contributed by atoms with Crippen molar-refractivity contribution in [1.29, 1.82) is 0 Å². The molecule has 2 aliphatic rings. The number of rotatable bonds is 4. The molecule has 0 bridgehead atoms. The van der Waals surface area contributed by atoms with E-state index in [1.807, 2.05) is 30.3 Å². The van der Waals surface area contributed by atoms with Crippen LogP contribution in [0.3, 0.4) is 0 Å². The van der Waals surface area contributed by atoms with Crippen molar-refractivity contribution in [2.24, 2.45) is 0 Å². The Morgan fingerprint density at radius 1 is 0.889 bits per heavy atom. The third-order valence-electron chi connectivity index (χ3n) is 5.74. The molecule has 0 radical (unpaired) electrons. The first-order valence-corrected chi connectivity index (χ1v) is 10.3. The number of nitrogen functional groups attached to an aromatic ring is 1. The van der Waals surface area contributed by atoms with Crippen LogP contribution in [0.5, 0.6) is 0 Å². The molecular formula is C21H26Cl2N4. The lowest BCUT2D eigenvalue weighted by atomic mass is 10.1. The number of nitrogens with zero attached hydrogens (tertiary/aromatic N) is 3. The Hall–Kier alpha value is -1.46. The van der Waals surface area contributed by atoms with Crippen LogP contribution < -0.4 is 10.6 Å². The van der Waals surface area contributed by atoms with Gasteiger partial charge in [0.25, 0.3) is 0 Å². The van der Waals surface area contributed by atoms with E-state index in [0.29, 0.717) is 11.1 Å². The highest BCUT2D eigenvalue weighted by Gasteiger charge is 2.30. The Bertz CT molecular complexity index is 772. The molecule has 2 saturated heterocycles. The first-order chi connectivity index (χ1) is 13.1. The zero-order valence-electron chi connectivity index (χ0n) is 15.5. The Morgan fingerprint density at radius 2 is 1.59 bits per heavy atom. The minimum absolute atomic E-state index is 0.609. The topological polar surface area (TPSA) is 35.7 Å². The molecule has 0 amide bonds. The average molecular weight is 405 g/mol. The van der Waals surface area contributed by atoms with E-state index in [1.165, 1.54) is 12.0 Å². The van der Waals surface area contributed by atoms with Crippen molar-refractivity contribution < 1.29 is 0 Å². The molecule has 0 aromatic heterocycles. The average Bonchev–Trinajstić information content (AvgIpc) is 3.14. The van der Waals surface area contributed by atoms with E-state index >= 15 is 0 Å². The normalized spacial score (nSPS) is 21.7. The van der Waals surface area contributed by atoms with Crippen molar-refractivity contribution in [1.82, 2.24) is 9.80 Å². The molecule has 2 aromatic rings. The molecule has 4 rings (SSSR count). The van der Waals surface area contributed by atoms with Gasteiger partial charge >= 0.3 is 0 Å². The number of piperazine rings is 1. The third-order valence-corrected chi connectivity index (χ3v) is 6.22. The van der Waals surface area contributed by atoms with Crippen LogP contribution in [0, 0.1) is 0 Å². The van der Waals surface area contributed by atoms with Gasteiger partial charge in [-0.15, -0.1) is 0 Å². The van der Waals surface area contributed by atoms with Gasteiger partial charge in [-0.05, 0) is 42.3 Å². The number of anilines is 2. The lowest BCUT2D eigenvalue weighted by Gasteiger charge is -2.38. The molecule has 2 aliphatic heterocycles. The first-order valence-electron chi connectivity index (χ1n) is 9.59. The van der Waals surface area contributed by atoms with E-state index in [1.54, 1.807) is 0 Å². The monoisotopic (exact) mass is 404 g/mol. The quantitative estimate of drug-likeness (QED) is 0.781. The smallest absolute Gasteiger partial charge is 0.0601 e. The van der Waals surface area contributed by atoms with Crippen molar-refractivity contribution in [2.75, 3.05) is 49.9 Å². The molecule has 27 heavy (non-hydrogen) atoms. The molecule has 2 N–H and O–H groups in total. The Kier molecular flexibility index (Phi) is 5.79. The van der Waals surface area contributed by atoms with Crippen LogP contribution in [-0.2, 0) is 6.54 Å². The van der Waals surface area contributed by atoms with Crippen molar-refractivity contribution in [3.8, 4) is 0 Å². The third kappa shape index (κ3) is 4.52. The van der Waals surface area contributed by atoms with Gasteiger partial charge in [0.1, 0.15) is 0 Å². The Balaban J connectivity index is 1.29. The Morgan fingerprint density at radius 3 is 2.30 bits per heavy atom. The van der Waals surface area contributed by atoms with E-state index in [0.717, 1.165) is 62.2 Å². The van der Waals surface area contributed by atoms with Crippen LogP contribution in [0.25, 0.3) is 0 Å². The lowest BCUT2D eigenvalue weighted by Crippen LogP contribution is -2.50. The summed E-state index contributed by atoms with van der Waals surface area (Å²) in [4.78, 5) is 7.57. The van der Waals surface area contributed by atoms with Gasteiger partial charge in [-0.1, -0.05) is 35.3 Å². The highest BCUT2D eigenvalue weighted by molar-refractivity contribution is 6.31. The Labute approximate surface area is 171 Å². The second-order valence-electron chi connectivity index (χ2n) is 7.53. The maximum Gasteiger partial charge on any atom is 0.0601 e. The molecular weight excluding hydrogens is 379 g/mol. The molecule has 4 nitrogen and oxygen atoms in total.